The molecule has 8 heteroatoms. The Morgan fingerprint density at radius 2 is 1.43 bits per heavy atom. The normalized spacial score (nSPS) is 13.7. The van der Waals surface area contributed by atoms with Crippen molar-refractivity contribution in [2.75, 3.05) is 32.1 Å². The summed E-state index contributed by atoms with van der Waals surface area (Å²) in [6, 6.07) is 17.2. The van der Waals surface area contributed by atoms with Gasteiger partial charge in [-0.2, -0.15) is 0 Å². The van der Waals surface area contributed by atoms with Gasteiger partial charge in [0.25, 0.3) is 11.8 Å². The van der Waals surface area contributed by atoms with Crippen LogP contribution in [-0.4, -0.2) is 52.3 Å². The van der Waals surface area contributed by atoms with Crippen LogP contribution >= 0.6 is 0 Å². The first-order valence-corrected chi connectivity index (χ1v) is 10.9. The molecule has 1 heterocycles. The number of fused-ring (bicyclic) bond motifs is 2. The predicted octanol–water partition coefficient (Wildman–Crippen LogP) is 2.48. The first-order valence-electron chi connectivity index (χ1n) is 9.45. The van der Waals surface area contributed by atoms with E-state index in [1.54, 1.807) is 42.5 Å². The highest BCUT2D eigenvalue weighted by molar-refractivity contribution is 7.89. The van der Waals surface area contributed by atoms with Gasteiger partial charge in [-0.3, -0.25) is 14.5 Å². The number of carbonyl (C=O) groups is 2. The first kappa shape index (κ1) is 20.1. The van der Waals surface area contributed by atoms with Gasteiger partial charge in [-0.1, -0.05) is 36.4 Å². The summed E-state index contributed by atoms with van der Waals surface area (Å²) in [5.41, 5.74) is 1.60. The number of amides is 2. The van der Waals surface area contributed by atoms with Crippen molar-refractivity contribution in [3.8, 4) is 0 Å². The molecule has 154 valence electrons. The summed E-state index contributed by atoms with van der Waals surface area (Å²) in [4.78, 5) is 28.0. The van der Waals surface area contributed by atoms with Crippen molar-refractivity contribution in [2.24, 2.45) is 0 Å². The molecule has 0 saturated heterocycles. The second kappa shape index (κ2) is 7.55. The molecule has 1 N–H and O–H groups in total. The van der Waals surface area contributed by atoms with Crippen LogP contribution in [-0.2, 0) is 10.0 Å². The molecule has 0 spiro atoms. The standard InChI is InChI=1S/C22H21N3O4S/c1-24(2)19-11-5-10-16-15(19)9-6-12-20(16)30(28,29)23-13-14-25-21(26)17-7-3-4-8-18(17)22(25)27/h3-12,23H,13-14H2,1-2H3. The van der Waals surface area contributed by atoms with Gasteiger partial charge in [0.15, 0.2) is 0 Å². The number of imide groups is 1. The van der Waals surface area contributed by atoms with E-state index in [4.69, 9.17) is 0 Å². The van der Waals surface area contributed by atoms with E-state index >= 15 is 0 Å². The third-order valence-corrected chi connectivity index (χ3v) is 6.66. The van der Waals surface area contributed by atoms with E-state index in [-0.39, 0.29) is 18.0 Å². The molecule has 7 nitrogen and oxygen atoms in total. The molecular formula is C22H21N3O4S. The molecule has 3 aromatic rings. The molecule has 0 radical (unpaired) electrons. The monoisotopic (exact) mass is 423 g/mol. The average Bonchev–Trinajstić information content (AvgIpc) is 2.97. The number of sulfonamides is 1. The Labute approximate surface area is 175 Å². The zero-order chi connectivity index (χ0) is 21.5. The number of carbonyl (C=O) groups excluding carboxylic acids is 2. The minimum atomic E-state index is -3.84. The van der Waals surface area contributed by atoms with Crippen molar-refractivity contribution in [1.29, 1.82) is 0 Å². The smallest absolute Gasteiger partial charge is 0.261 e. The van der Waals surface area contributed by atoms with Crippen LogP contribution in [0.5, 0.6) is 0 Å². The van der Waals surface area contributed by atoms with Crippen LogP contribution in [0.1, 0.15) is 20.7 Å². The summed E-state index contributed by atoms with van der Waals surface area (Å²) in [5, 5.41) is 1.43. The molecule has 1 aliphatic heterocycles. The lowest BCUT2D eigenvalue weighted by atomic mass is 10.1. The number of benzene rings is 3. The van der Waals surface area contributed by atoms with Crippen molar-refractivity contribution < 1.29 is 18.0 Å². The largest absolute Gasteiger partial charge is 0.377 e. The fourth-order valence-corrected chi connectivity index (χ4v) is 4.94. The van der Waals surface area contributed by atoms with E-state index in [0.717, 1.165) is 16.0 Å². The quantitative estimate of drug-likeness (QED) is 0.616. The fourth-order valence-electron chi connectivity index (χ4n) is 3.70. The molecule has 0 fully saturated rings. The molecular weight excluding hydrogens is 402 g/mol. The highest BCUT2D eigenvalue weighted by Gasteiger charge is 2.34. The van der Waals surface area contributed by atoms with Crippen molar-refractivity contribution in [3.63, 3.8) is 0 Å². The maximum Gasteiger partial charge on any atom is 0.261 e. The highest BCUT2D eigenvalue weighted by Crippen LogP contribution is 2.30. The van der Waals surface area contributed by atoms with Crippen LogP contribution in [0.25, 0.3) is 10.8 Å². The van der Waals surface area contributed by atoms with Crippen LogP contribution in [0.4, 0.5) is 5.69 Å². The van der Waals surface area contributed by atoms with Crippen molar-refractivity contribution in [2.45, 2.75) is 4.90 Å². The molecule has 0 unspecified atom stereocenters. The molecule has 0 atom stereocenters. The summed E-state index contributed by atoms with van der Waals surface area (Å²) in [6.07, 6.45) is 0. The van der Waals surface area contributed by atoms with Gasteiger partial charge in [-0.05, 0) is 24.3 Å². The third-order valence-electron chi connectivity index (χ3n) is 5.14. The van der Waals surface area contributed by atoms with Crippen molar-refractivity contribution in [3.05, 3.63) is 71.8 Å². The number of nitrogens with zero attached hydrogens (tertiary/aromatic N) is 2. The van der Waals surface area contributed by atoms with E-state index in [1.807, 2.05) is 37.2 Å². The fraction of sp³-hybridized carbons (Fsp3) is 0.182. The Bertz CT molecular complexity index is 1230. The van der Waals surface area contributed by atoms with E-state index in [2.05, 4.69) is 4.72 Å². The van der Waals surface area contributed by atoms with Crippen molar-refractivity contribution in [1.82, 2.24) is 9.62 Å². The number of nitrogens with one attached hydrogen (secondary N) is 1. The zero-order valence-electron chi connectivity index (χ0n) is 16.6. The zero-order valence-corrected chi connectivity index (χ0v) is 17.4. The number of rotatable bonds is 6. The lowest BCUT2D eigenvalue weighted by Gasteiger charge is -2.18. The lowest BCUT2D eigenvalue weighted by Crippen LogP contribution is -2.38. The molecule has 0 aliphatic carbocycles. The Morgan fingerprint density at radius 1 is 0.833 bits per heavy atom. The molecule has 3 aromatic carbocycles. The summed E-state index contributed by atoms with van der Waals surface area (Å²) < 4.78 is 28.5. The summed E-state index contributed by atoms with van der Waals surface area (Å²) in [5.74, 6) is -0.814. The van der Waals surface area contributed by atoms with Crippen LogP contribution < -0.4 is 9.62 Å². The second-order valence-corrected chi connectivity index (χ2v) is 8.96. The topological polar surface area (TPSA) is 86.8 Å². The molecule has 0 saturated carbocycles. The lowest BCUT2D eigenvalue weighted by molar-refractivity contribution is 0.0657. The molecule has 1 aliphatic rings. The van der Waals surface area contributed by atoms with Gasteiger partial charge in [0.2, 0.25) is 10.0 Å². The summed E-state index contributed by atoms with van der Waals surface area (Å²) in [6.45, 7) is -0.114. The van der Waals surface area contributed by atoms with Crippen LogP contribution in [0.3, 0.4) is 0 Å². The number of hydrogen-bond donors (Lipinski definition) is 1. The Morgan fingerprint density at radius 3 is 2.07 bits per heavy atom. The Kier molecular flexibility index (Phi) is 5.05. The van der Waals surface area contributed by atoms with Gasteiger partial charge in [0, 0.05) is 43.6 Å². The van der Waals surface area contributed by atoms with E-state index in [1.165, 1.54) is 0 Å². The third kappa shape index (κ3) is 3.34. The maximum atomic E-state index is 13.0. The van der Waals surface area contributed by atoms with Gasteiger partial charge >= 0.3 is 0 Å². The molecule has 0 bridgehead atoms. The van der Waals surface area contributed by atoms with Crippen LogP contribution in [0.15, 0.2) is 65.6 Å². The highest BCUT2D eigenvalue weighted by atomic mass is 32.2. The van der Waals surface area contributed by atoms with Crippen LogP contribution in [0.2, 0.25) is 0 Å². The second-order valence-electron chi connectivity index (χ2n) is 7.23. The minimum Gasteiger partial charge on any atom is -0.377 e. The molecule has 30 heavy (non-hydrogen) atoms. The van der Waals surface area contributed by atoms with E-state index in [9.17, 15) is 18.0 Å². The van der Waals surface area contributed by atoms with Gasteiger partial charge in [0.1, 0.15) is 0 Å². The van der Waals surface area contributed by atoms with Gasteiger partial charge < -0.3 is 4.90 Å². The van der Waals surface area contributed by atoms with Crippen molar-refractivity contribution >= 4 is 38.3 Å². The maximum absolute atomic E-state index is 13.0. The summed E-state index contributed by atoms with van der Waals surface area (Å²) in [7, 11) is -0.0430. The molecule has 4 rings (SSSR count). The number of anilines is 1. The number of hydrogen-bond acceptors (Lipinski definition) is 5. The Hall–Kier alpha value is -3.23. The van der Waals surface area contributed by atoms with E-state index < -0.39 is 21.8 Å². The predicted molar refractivity (Wildman–Crippen MR) is 115 cm³/mol. The van der Waals surface area contributed by atoms with Gasteiger partial charge in [-0.15, -0.1) is 0 Å². The SMILES string of the molecule is CN(C)c1cccc2c(S(=O)(=O)NCCN3C(=O)c4ccccc4C3=O)cccc12. The summed E-state index contributed by atoms with van der Waals surface area (Å²) >= 11 is 0. The van der Waals surface area contributed by atoms with E-state index in [0.29, 0.717) is 16.5 Å². The average molecular weight is 423 g/mol. The molecule has 0 aromatic heterocycles. The van der Waals surface area contributed by atoms with Gasteiger partial charge in [-0.25, -0.2) is 13.1 Å². The van der Waals surface area contributed by atoms with Crippen LogP contribution in [0, 0.1) is 0 Å². The van der Waals surface area contributed by atoms with Gasteiger partial charge in [0.05, 0.1) is 16.0 Å². The molecule has 2 amide bonds. The Balaban J connectivity index is 1.55. The first-order chi connectivity index (χ1) is 14.3. The minimum absolute atomic E-state index is 0.0424.